The molecule has 0 unspecified atom stereocenters. The molecule has 0 fully saturated rings. The number of para-hydroxylation sites is 2. The number of hydrogen-bond donors (Lipinski definition) is 0. The van der Waals surface area contributed by atoms with E-state index in [1.165, 1.54) is 28.1 Å². The van der Waals surface area contributed by atoms with E-state index in [0.29, 0.717) is 0 Å². The van der Waals surface area contributed by atoms with Crippen LogP contribution < -0.4 is 4.90 Å². The smallest absolute Gasteiger partial charge is 0.0484 e. The van der Waals surface area contributed by atoms with Crippen molar-refractivity contribution in [1.82, 2.24) is 0 Å². The Morgan fingerprint density at radius 1 is 0.944 bits per heavy atom. The van der Waals surface area contributed by atoms with Crippen molar-refractivity contribution in [3.63, 3.8) is 0 Å². The minimum absolute atomic E-state index is 0.867. The van der Waals surface area contributed by atoms with Crippen molar-refractivity contribution in [2.45, 2.75) is 0 Å². The van der Waals surface area contributed by atoms with Crippen LogP contribution in [-0.4, -0.2) is 12.4 Å². The monoisotopic (exact) mass is 299 g/mol. The molecular formula is C16H14BrN. The zero-order valence-corrected chi connectivity index (χ0v) is 11.8. The summed E-state index contributed by atoms with van der Waals surface area (Å²) in [6.07, 6.45) is 2.27. The molecule has 0 amide bonds. The summed E-state index contributed by atoms with van der Waals surface area (Å²) in [7, 11) is 2.13. The molecule has 0 saturated heterocycles. The summed E-state index contributed by atoms with van der Waals surface area (Å²) < 4.78 is 0. The second kappa shape index (κ2) is 4.62. The maximum atomic E-state index is 3.60. The van der Waals surface area contributed by atoms with Crippen molar-refractivity contribution in [3.8, 4) is 0 Å². The molecule has 2 heteroatoms. The number of alkyl halides is 1. The van der Waals surface area contributed by atoms with Crippen LogP contribution in [0.2, 0.25) is 0 Å². The van der Waals surface area contributed by atoms with E-state index in [4.69, 9.17) is 0 Å². The lowest BCUT2D eigenvalue weighted by molar-refractivity contribution is 1.20. The number of nitrogens with zero attached hydrogens (tertiary/aromatic N) is 1. The molecule has 0 aromatic heterocycles. The van der Waals surface area contributed by atoms with Gasteiger partial charge in [0.15, 0.2) is 0 Å². The van der Waals surface area contributed by atoms with Crippen LogP contribution >= 0.6 is 15.9 Å². The molecule has 2 aromatic carbocycles. The summed E-state index contributed by atoms with van der Waals surface area (Å²) in [5.74, 6) is 0. The maximum absolute atomic E-state index is 3.60. The number of allylic oxidation sites excluding steroid dienone is 1. The van der Waals surface area contributed by atoms with Crippen molar-refractivity contribution in [2.24, 2.45) is 0 Å². The molecule has 1 aliphatic rings. The SMILES string of the molecule is CN1c2ccccc2C=C(CBr)c2ccccc21. The molecule has 0 saturated carbocycles. The molecule has 0 N–H and O–H groups in total. The maximum Gasteiger partial charge on any atom is 0.0484 e. The minimum atomic E-state index is 0.867. The zero-order chi connectivity index (χ0) is 12.5. The first kappa shape index (κ1) is 11.5. The second-order valence-corrected chi connectivity index (χ2v) is 5.00. The standard InChI is InChI=1S/C16H14BrN/c1-18-15-8-4-2-6-12(15)10-13(11-17)14-7-3-5-9-16(14)18/h2-10H,11H2,1H3. The third-order valence-corrected chi connectivity index (χ3v) is 3.99. The lowest BCUT2D eigenvalue weighted by atomic mass is 10.0. The van der Waals surface area contributed by atoms with Crippen LogP contribution in [0.3, 0.4) is 0 Å². The van der Waals surface area contributed by atoms with Gasteiger partial charge in [-0.15, -0.1) is 0 Å². The van der Waals surface area contributed by atoms with Crippen LogP contribution in [0, 0.1) is 0 Å². The molecule has 0 bridgehead atoms. The zero-order valence-electron chi connectivity index (χ0n) is 10.2. The topological polar surface area (TPSA) is 3.24 Å². The molecule has 0 aliphatic carbocycles. The molecule has 0 radical (unpaired) electrons. The van der Waals surface area contributed by atoms with E-state index in [1.807, 2.05) is 0 Å². The largest absolute Gasteiger partial charge is 0.344 e. The summed E-state index contributed by atoms with van der Waals surface area (Å²) in [5, 5.41) is 0.867. The molecule has 0 spiro atoms. The summed E-state index contributed by atoms with van der Waals surface area (Å²) in [6, 6.07) is 17.1. The Bertz CT molecular complexity index is 616. The molecule has 1 nitrogen and oxygen atoms in total. The van der Waals surface area contributed by atoms with Crippen LogP contribution in [0.1, 0.15) is 11.1 Å². The van der Waals surface area contributed by atoms with Crippen molar-refractivity contribution in [1.29, 1.82) is 0 Å². The van der Waals surface area contributed by atoms with Gasteiger partial charge in [0.05, 0.1) is 0 Å². The first-order valence-electron chi connectivity index (χ1n) is 6.00. The average molecular weight is 300 g/mol. The number of benzene rings is 2. The Morgan fingerprint density at radius 2 is 1.61 bits per heavy atom. The van der Waals surface area contributed by atoms with Crippen LogP contribution in [0.25, 0.3) is 11.6 Å². The van der Waals surface area contributed by atoms with Gasteiger partial charge in [0.1, 0.15) is 0 Å². The van der Waals surface area contributed by atoms with Gasteiger partial charge in [-0.2, -0.15) is 0 Å². The molecule has 2 aromatic rings. The van der Waals surface area contributed by atoms with Gasteiger partial charge in [0.25, 0.3) is 0 Å². The van der Waals surface area contributed by atoms with Gasteiger partial charge in [-0.3, -0.25) is 0 Å². The Kier molecular flexibility index (Phi) is 2.96. The van der Waals surface area contributed by atoms with E-state index in [1.54, 1.807) is 0 Å². The van der Waals surface area contributed by atoms with Crippen molar-refractivity contribution in [2.75, 3.05) is 17.3 Å². The van der Waals surface area contributed by atoms with Crippen LogP contribution in [0.5, 0.6) is 0 Å². The van der Waals surface area contributed by atoms with Crippen LogP contribution in [0.15, 0.2) is 48.5 Å². The lowest BCUT2D eigenvalue weighted by Crippen LogP contribution is -2.11. The van der Waals surface area contributed by atoms with E-state index >= 15 is 0 Å². The van der Waals surface area contributed by atoms with Crippen LogP contribution in [0.4, 0.5) is 11.4 Å². The van der Waals surface area contributed by atoms with Crippen molar-refractivity contribution >= 4 is 39.0 Å². The van der Waals surface area contributed by atoms with E-state index in [0.717, 1.165) is 5.33 Å². The summed E-state index contributed by atoms with van der Waals surface area (Å²) in [6.45, 7) is 0. The summed E-state index contributed by atoms with van der Waals surface area (Å²) >= 11 is 3.60. The number of anilines is 2. The molecule has 90 valence electrons. The quantitative estimate of drug-likeness (QED) is 0.690. The van der Waals surface area contributed by atoms with Crippen molar-refractivity contribution in [3.05, 3.63) is 59.7 Å². The number of rotatable bonds is 1. The Labute approximate surface area is 116 Å². The predicted octanol–water partition coefficient (Wildman–Crippen LogP) is 4.70. The van der Waals surface area contributed by atoms with Gasteiger partial charge in [-0.05, 0) is 29.3 Å². The summed E-state index contributed by atoms with van der Waals surface area (Å²) in [5.41, 5.74) is 6.40. The van der Waals surface area contributed by atoms with Crippen LogP contribution in [-0.2, 0) is 0 Å². The third-order valence-electron chi connectivity index (χ3n) is 3.38. The predicted molar refractivity (Wildman–Crippen MR) is 82.6 cm³/mol. The fourth-order valence-corrected chi connectivity index (χ4v) is 2.92. The van der Waals surface area contributed by atoms with E-state index in [-0.39, 0.29) is 0 Å². The van der Waals surface area contributed by atoms with E-state index in [2.05, 4.69) is 82.5 Å². The van der Waals surface area contributed by atoms with Gasteiger partial charge in [0, 0.05) is 29.3 Å². The number of fused-ring (bicyclic) bond motifs is 2. The van der Waals surface area contributed by atoms with E-state index in [9.17, 15) is 0 Å². The van der Waals surface area contributed by atoms with Gasteiger partial charge < -0.3 is 4.90 Å². The molecular weight excluding hydrogens is 286 g/mol. The highest BCUT2D eigenvalue weighted by Gasteiger charge is 2.17. The Balaban J connectivity index is 2.31. The molecule has 3 rings (SSSR count). The fourth-order valence-electron chi connectivity index (χ4n) is 2.46. The highest BCUT2D eigenvalue weighted by molar-refractivity contribution is 9.09. The van der Waals surface area contributed by atoms with E-state index < -0.39 is 0 Å². The second-order valence-electron chi connectivity index (χ2n) is 4.44. The number of halogens is 1. The molecule has 0 atom stereocenters. The highest BCUT2D eigenvalue weighted by atomic mass is 79.9. The number of hydrogen-bond acceptors (Lipinski definition) is 1. The molecule has 18 heavy (non-hydrogen) atoms. The first-order valence-corrected chi connectivity index (χ1v) is 7.12. The van der Waals surface area contributed by atoms with Gasteiger partial charge in [-0.25, -0.2) is 0 Å². The Hall–Kier alpha value is -1.54. The minimum Gasteiger partial charge on any atom is -0.344 e. The average Bonchev–Trinajstić information content (AvgIpc) is 2.55. The first-order chi connectivity index (χ1) is 8.81. The lowest BCUT2D eigenvalue weighted by Gasteiger charge is -2.22. The fraction of sp³-hybridized carbons (Fsp3) is 0.125. The van der Waals surface area contributed by atoms with Gasteiger partial charge in [0.2, 0.25) is 0 Å². The van der Waals surface area contributed by atoms with Crippen molar-refractivity contribution < 1.29 is 0 Å². The van der Waals surface area contributed by atoms with Gasteiger partial charge >= 0.3 is 0 Å². The van der Waals surface area contributed by atoms with Gasteiger partial charge in [-0.1, -0.05) is 52.3 Å². The highest BCUT2D eigenvalue weighted by Crippen LogP contribution is 2.38. The normalized spacial score (nSPS) is 13.4. The summed E-state index contributed by atoms with van der Waals surface area (Å²) in [4.78, 5) is 2.26. The third kappa shape index (κ3) is 1.77. The molecule has 1 heterocycles. The molecule has 1 aliphatic heterocycles. The Morgan fingerprint density at radius 3 is 2.39 bits per heavy atom.